The smallest absolute Gasteiger partial charge is 0.394 e. The zero-order valence-electron chi connectivity index (χ0n) is 32.5. The van der Waals surface area contributed by atoms with Gasteiger partial charge in [-0.05, 0) is 44.1 Å². The summed E-state index contributed by atoms with van der Waals surface area (Å²) in [6.45, 7) is 5.73. The molecule has 0 spiro atoms. The first-order valence-corrected chi connectivity index (χ1v) is 20.2. The minimum Gasteiger partial charge on any atom is -0.394 e. The summed E-state index contributed by atoms with van der Waals surface area (Å²) < 4.78 is 21.8. The third-order valence-electron chi connectivity index (χ3n) is 9.17. The number of carbonyl (C=O) groups excluding carboxylic acids is 6. The summed E-state index contributed by atoms with van der Waals surface area (Å²) in [5.74, 6) is -5.12. The van der Waals surface area contributed by atoms with Crippen LogP contribution < -0.4 is 27.0 Å². The van der Waals surface area contributed by atoms with Gasteiger partial charge in [-0.1, -0.05) is 44.2 Å². The van der Waals surface area contributed by atoms with E-state index in [9.17, 15) is 38.4 Å². The predicted octanol–water partition coefficient (Wildman–Crippen LogP) is -1.06. The first-order chi connectivity index (χ1) is 26.9. The number of benzene rings is 1. The molecule has 1 aromatic carbocycles. The molecule has 20 nitrogen and oxygen atoms in total. The summed E-state index contributed by atoms with van der Waals surface area (Å²) in [5, 5.41) is 19.8. The second-order valence-electron chi connectivity index (χ2n) is 14.3. The molecule has 1 aromatic heterocycles. The van der Waals surface area contributed by atoms with Crippen molar-refractivity contribution < 1.29 is 57.5 Å². The molecule has 3 rings (SSSR count). The number of likely N-dealkylation sites (tertiary alicyclic amines) is 1. The highest BCUT2D eigenvalue weighted by Gasteiger charge is 2.41. The lowest BCUT2D eigenvalue weighted by molar-refractivity contribution is -0.139. The van der Waals surface area contributed by atoms with E-state index in [2.05, 4.69) is 47.9 Å². The minimum absolute atomic E-state index is 0.113. The monoisotopic (exact) mass is 822 g/mol. The van der Waals surface area contributed by atoms with E-state index in [-0.39, 0.29) is 37.6 Å². The standard InChI is InChI=1S/C36H55N8O12P/c1-21(2)14-27(41-36(51)30-16-26(18-44(30)23(4)46)55-13-9-8-12-24-10-6-5-7-11-24)33(48)40-28(15-25-17-38-20-39-25)34(49)42-29(19-45)35(50)43-31(32(37)47)22(3)56-57(52,53)54/h5-7,10-11,17,20-22,26-31,45H,8-9,12-16,18-19H2,1-4H3,(H2,37,47)(H,38,39)(H,40,48)(H,41,51)(H,42,49)(H,43,50)(H2,52,53,54)/t22-,26+,27+,28+,29+,30+,31+/m1/s1. The third kappa shape index (κ3) is 15.6. The number of aromatic amines is 1. The number of phosphoric ester groups is 1. The quantitative estimate of drug-likeness (QED) is 0.0478. The van der Waals surface area contributed by atoms with Gasteiger partial charge < -0.3 is 56.5 Å². The molecule has 316 valence electrons. The van der Waals surface area contributed by atoms with Gasteiger partial charge in [-0.3, -0.25) is 33.3 Å². The molecule has 1 saturated heterocycles. The Labute approximate surface area is 330 Å². The number of imidazole rings is 1. The molecule has 10 N–H and O–H groups in total. The number of primary amides is 1. The van der Waals surface area contributed by atoms with Gasteiger partial charge in [-0.2, -0.15) is 0 Å². The number of aromatic nitrogens is 2. The minimum atomic E-state index is -5.10. The van der Waals surface area contributed by atoms with E-state index in [0.717, 1.165) is 26.2 Å². The van der Waals surface area contributed by atoms with Crippen LogP contribution in [-0.4, -0.2) is 127 Å². The molecule has 0 saturated carbocycles. The Balaban J connectivity index is 1.69. The Morgan fingerprint density at radius 3 is 2.19 bits per heavy atom. The van der Waals surface area contributed by atoms with Crippen molar-refractivity contribution >= 4 is 43.3 Å². The van der Waals surface area contributed by atoms with Gasteiger partial charge in [-0.15, -0.1) is 0 Å². The number of nitrogens with one attached hydrogen (secondary N) is 5. The second-order valence-corrected chi connectivity index (χ2v) is 15.5. The van der Waals surface area contributed by atoms with Gasteiger partial charge in [0, 0.05) is 44.8 Å². The van der Waals surface area contributed by atoms with Gasteiger partial charge in [0.05, 0.1) is 25.1 Å². The topological polar surface area (TPSA) is 305 Å². The van der Waals surface area contributed by atoms with Crippen LogP contribution in [0.25, 0.3) is 0 Å². The van der Waals surface area contributed by atoms with Crippen LogP contribution in [0.4, 0.5) is 0 Å². The Bertz CT molecular complexity index is 1690. The van der Waals surface area contributed by atoms with Crippen molar-refractivity contribution in [1.29, 1.82) is 0 Å². The van der Waals surface area contributed by atoms with E-state index in [4.69, 9.17) is 20.3 Å². The molecule has 57 heavy (non-hydrogen) atoms. The Morgan fingerprint density at radius 1 is 0.965 bits per heavy atom. The van der Waals surface area contributed by atoms with Crippen molar-refractivity contribution in [3.63, 3.8) is 0 Å². The van der Waals surface area contributed by atoms with Gasteiger partial charge in [0.25, 0.3) is 0 Å². The maximum Gasteiger partial charge on any atom is 0.469 e. The summed E-state index contributed by atoms with van der Waals surface area (Å²) in [4.78, 5) is 105. The molecule has 1 fully saturated rings. The average Bonchev–Trinajstić information content (AvgIpc) is 3.82. The van der Waals surface area contributed by atoms with Crippen LogP contribution in [0.5, 0.6) is 0 Å². The molecule has 0 unspecified atom stereocenters. The highest BCUT2D eigenvalue weighted by Crippen LogP contribution is 2.38. The molecule has 1 aliphatic rings. The number of unbranched alkanes of at least 4 members (excludes halogenated alkanes) is 1. The lowest BCUT2D eigenvalue weighted by Gasteiger charge is -2.28. The van der Waals surface area contributed by atoms with Crippen LogP contribution in [0.15, 0.2) is 42.9 Å². The van der Waals surface area contributed by atoms with Crippen LogP contribution in [0.2, 0.25) is 0 Å². The van der Waals surface area contributed by atoms with Gasteiger partial charge in [0.15, 0.2) is 0 Å². The fraction of sp³-hybridized carbons (Fsp3) is 0.583. The Hall–Kier alpha value is -4.72. The number of hydrogen-bond donors (Lipinski definition) is 9. The Kier molecular flexibility index (Phi) is 18.2. The lowest BCUT2D eigenvalue weighted by Crippen LogP contribution is -2.61. The number of ether oxygens (including phenoxy) is 1. The summed E-state index contributed by atoms with van der Waals surface area (Å²) in [7, 11) is -5.10. The van der Waals surface area contributed by atoms with Crippen LogP contribution in [0.1, 0.15) is 64.6 Å². The number of H-pyrrole nitrogens is 1. The molecule has 6 amide bonds. The van der Waals surface area contributed by atoms with Crippen LogP contribution in [0.3, 0.4) is 0 Å². The first-order valence-electron chi connectivity index (χ1n) is 18.6. The zero-order valence-corrected chi connectivity index (χ0v) is 33.4. The SMILES string of the molecule is CC(=O)N1C[C@@H](OCCCCc2ccccc2)C[C@H]1C(=O)N[C@@H](CC(C)C)C(=O)N[C@@H](Cc1cnc[nH]1)C(=O)N[C@@H](CO)C(=O)N[C@H](C(N)=O)[C@@H](C)OP(=O)(O)O. The van der Waals surface area contributed by atoms with Gasteiger partial charge >= 0.3 is 7.82 Å². The summed E-state index contributed by atoms with van der Waals surface area (Å²) in [5.41, 5.74) is 6.92. The van der Waals surface area contributed by atoms with Crippen molar-refractivity contribution in [3.8, 4) is 0 Å². The summed E-state index contributed by atoms with van der Waals surface area (Å²) >= 11 is 0. The molecule has 21 heteroatoms. The number of hydrogen-bond acceptors (Lipinski definition) is 11. The van der Waals surface area contributed by atoms with E-state index in [1.807, 2.05) is 32.0 Å². The first kappa shape index (κ1) is 46.7. The fourth-order valence-electron chi connectivity index (χ4n) is 6.33. The molecule has 7 atom stereocenters. The van der Waals surface area contributed by atoms with E-state index < -0.39 is 86.4 Å². The lowest BCUT2D eigenvalue weighted by atomic mass is 10.0. The van der Waals surface area contributed by atoms with E-state index >= 15 is 0 Å². The number of aryl methyl sites for hydroxylation is 1. The highest BCUT2D eigenvalue weighted by molar-refractivity contribution is 7.46. The van der Waals surface area contributed by atoms with E-state index in [0.29, 0.717) is 12.3 Å². The molecule has 0 aliphatic carbocycles. The average molecular weight is 823 g/mol. The molecule has 1 aliphatic heterocycles. The zero-order chi connectivity index (χ0) is 42.3. The van der Waals surface area contributed by atoms with Crippen molar-refractivity contribution in [2.45, 2.75) is 109 Å². The molecule has 2 heterocycles. The van der Waals surface area contributed by atoms with E-state index in [1.165, 1.54) is 29.9 Å². The van der Waals surface area contributed by atoms with Crippen molar-refractivity contribution in [3.05, 3.63) is 54.1 Å². The van der Waals surface area contributed by atoms with Gasteiger partial charge in [0.2, 0.25) is 35.4 Å². The normalized spacial score (nSPS) is 18.2. The van der Waals surface area contributed by atoms with Crippen LogP contribution in [0, 0.1) is 5.92 Å². The Morgan fingerprint density at radius 2 is 1.61 bits per heavy atom. The largest absolute Gasteiger partial charge is 0.469 e. The van der Waals surface area contributed by atoms with Gasteiger partial charge in [-0.25, -0.2) is 9.55 Å². The highest BCUT2D eigenvalue weighted by atomic mass is 31.2. The van der Waals surface area contributed by atoms with Crippen molar-refractivity contribution in [2.24, 2.45) is 11.7 Å². The van der Waals surface area contributed by atoms with Crippen molar-refractivity contribution in [2.75, 3.05) is 19.8 Å². The fourth-order valence-corrected chi connectivity index (χ4v) is 6.88. The molecule has 0 bridgehead atoms. The third-order valence-corrected chi connectivity index (χ3v) is 9.78. The molecular formula is C36H55N8O12P. The number of phosphoric acid groups is 1. The summed E-state index contributed by atoms with van der Waals surface area (Å²) in [6.07, 6.45) is 3.52. The van der Waals surface area contributed by atoms with E-state index in [1.54, 1.807) is 0 Å². The second kappa shape index (κ2) is 22.3. The number of nitrogens with zero attached hydrogens (tertiary/aromatic N) is 2. The van der Waals surface area contributed by atoms with Crippen LogP contribution >= 0.6 is 7.82 Å². The molecular weight excluding hydrogens is 767 g/mol. The maximum atomic E-state index is 13.9. The number of carbonyl (C=O) groups is 6. The number of nitrogens with two attached hydrogens (primary N) is 1. The number of aliphatic hydroxyl groups is 1. The van der Waals surface area contributed by atoms with Crippen molar-refractivity contribution in [1.82, 2.24) is 36.1 Å². The molecule has 0 radical (unpaired) electrons. The number of rotatable bonds is 23. The molecule has 2 aromatic rings. The van der Waals surface area contributed by atoms with Gasteiger partial charge in [0.1, 0.15) is 30.2 Å². The summed E-state index contributed by atoms with van der Waals surface area (Å²) in [6, 6.07) is 3.08. The predicted molar refractivity (Wildman–Crippen MR) is 203 cm³/mol. The van der Waals surface area contributed by atoms with Crippen LogP contribution in [-0.2, 0) is 55.4 Å². The number of amides is 6. The maximum absolute atomic E-state index is 13.9. The number of aliphatic hydroxyl groups excluding tert-OH is 1.